The van der Waals surface area contributed by atoms with Crippen molar-refractivity contribution < 1.29 is 35.0 Å². The van der Waals surface area contributed by atoms with Crippen LogP contribution < -0.4 is 24.8 Å². The first-order valence-electron chi connectivity index (χ1n) is 12.4. The summed E-state index contributed by atoms with van der Waals surface area (Å²) in [5, 5.41) is 46.4. The van der Waals surface area contributed by atoms with Crippen molar-refractivity contribution in [1.82, 2.24) is 19.9 Å². The second-order valence-corrected chi connectivity index (χ2v) is 8.13. The number of halogens is 2. The van der Waals surface area contributed by atoms with Crippen LogP contribution in [0.2, 0.25) is 0 Å². The van der Waals surface area contributed by atoms with E-state index in [9.17, 15) is 0 Å². The zero-order chi connectivity index (χ0) is 32.7. The second kappa shape index (κ2) is 30.4. The van der Waals surface area contributed by atoms with Crippen LogP contribution in [0.5, 0.6) is 0 Å². The van der Waals surface area contributed by atoms with Gasteiger partial charge in [-0.2, -0.15) is 20.4 Å². The number of nitrogens with zero attached hydrogens (tertiary/aromatic N) is 10. The fourth-order valence-corrected chi connectivity index (χ4v) is 2.90. The first-order chi connectivity index (χ1) is 21.0. The molecule has 0 unspecified atom stereocenters. The molecule has 248 valence electrons. The predicted molar refractivity (Wildman–Crippen MR) is 178 cm³/mol. The van der Waals surface area contributed by atoms with Gasteiger partial charge in [-0.1, -0.05) is 0 Å². The summed E-state index contributed by atoms with van der Waals surface area (Å²) in [4.78, 5) is 32.4. The normalized spacial score (nSPS) is 10.4. The summed E-state index contributed by atoms with van der Waals surface area (Å²) in [6, 6.07) is 15.3. The molecule has 4 rings (SSSR count). The Hall–Kier alpha value is -3.90. The quantitative estimate of drug-likeness (QED) is 0.0909. The number of aromatic nitrogens is 4. The minimum Gasteiger partial charge on any atom is -1.00 e. The summed E-state index contributed by atoms with van der Waals surface area (Å²) in [5.74, 6) is 0. The summed E-state index contributed by atoms with van der Waals surface area (Å²) in [6.45, 7) is 7.72. The zero-order valence-corrected chi connectivity index (χ0v) is 35.2. The molecule has 4 aromatic heterocycles. The molecule has 0 aliphatic rings. The van der Waals surface area contributed by atoms with E-state index in [-0.39, 0.29) is 79.4 Å². The topological polar surface area (TPSA) is 233 Å². The Balaban J connectivity index is -0.000000309. The molecule has 0 fully saturated rings. The van der Waals surface area contributed by atoms with E-state index in [1.807, 2.05) is 76.2 Å². The third-order valence-corrected chi connectivity index (χ3v) is 5.09. The predicted octanol–water partition coefficient (Wildman–Crippen LogP) is -1.81. The third kappa shape index (κ3) is 24.3. The van der Waals surface area contributed by atoms with E-state index in [1.54, 1.807) is 49.6 Å². The largest absolute Gasteiger partial charge is 2.00 e. The maximum absolute atomic E-state index is 8.25. The average molecular weight is 1090 g/mol. The van der Waals surface area contributed by atoms with Crippen molar-refractivity contribution >= 4 is 77.4 Å². The molecule has 20 heteroatoms. The van der Waals surface area contributed by atoms with Gasteiger partial charge in [-0.15, -0.1) is 0 Å². The molecule has 0 N–H and O–H groups in total. The van der Waals surface area contributed by atoms with Crippen molar-refractivity contribution in [3.05, 3.63) is 151 Å². The standard InChI is InChI=1S/2C14H14N4.2ClH.2NO3.2Pb/c2*1-11(13-3-7-15-8-4-13)17-18-12(2)14-5-9-16-10-6-14;;;2*2-1(3)4;;/h2*3-10H,1-2H3;2*1H;;;;/q;;;;2*-1;2*+2/p-2/b2*17-11+,18-12+;;;;;;. The summed E-state index contributed by atoms with van der Waals surface area (Å²) in [6.07, 6.45) is 14.0. The molecule has 0 amide bonds. The van der Waals surface area contributed by atoms with Crippen LogP contribution in [0, 0.1) is 30.6 Å². The van der Waals surface area contributed by atoms with Gasteiger partial charge in [-0.3, -0.25) is 19.9 Å². The molecule has 0 saturated heterocycles. The smallest absolute Gasteiger partial charge is 1.00 e. The Kier molecular flexibility index (Phi) is 32.3. The van der Waals surface area contributed by atoms with E-state index >= 15 is 0 Å². The first kappa shape index (κ1) is 50.9. The first-order valence-corrected chi connectivity index (χ1v) is 12.4. The van der Waals surface area contributed by atoms with Crippen molar-refractivity contribution in [2.45, 2.75) is 27.7 Å². The van der Waals surface area contributed by atoms with Gasteiger partial charge in [-0.05, 0) is 76.2 Å². The molecular weight excluding hydrogens is 1060 g/mol. The van der Waals surface area contributed by atoms with Gasteiger partial charge >= 0.3 is 54.6 Å². The number of hydrogen-bond donors (Lipinski definition) is 0. The van der Waals surface area contributed by atoms with Gasteiger partial charge in [-0.25, -0.2) is 0 Å². The molecular formula is C28H28Cl2N10O6Pb2. The molecule has 48 heavy (non-hydrogen) atoms. The van der Waals surface area contributed by atoms with Gasteiger partial charge in [0.15, 0.2) is 0 Å². The molecule has 0 saturated carbocycles. The van der Waals surface area contributed by atoms with Crippen molar-refractivity contribution in [1.29, 1.82) is 0 Å². The van der Waals surface area contributed by atoms with Crippen molar-refractivity contribution in [2.75, 3.05) is 0 Å². The van der Waals surface area contributed by atoms with Gasteiger partial charge < -0.3 is 55.5 Å². The average Bonchev–Trinajstić information content (AvgIpc) is 3.03. The summed E-state index contributed by atoms with van der Waals surface area (Å²) in [5.41, 5.74) is 7.56. The number of rotatable bonds is 6. The monoisotopic (exact) mass is 1090 g/mol. The van der Waals surface area contributed by atoms with E-state index in [4.69, 9.17) is 30.6 Å². The van der Waals surface area contributed by atoms with Gasteiger partial charge in [0, 0.05) is 71.8 Å². The van der Waals surface area contributed by atoms with Crippen molar-refractivity contribution in [3.63, 3.8) is 0 Å². The molecule has 0 spiro atoms. The van der Waals surface area contributed by atoms with Crippen LogP contribution in [-0.2, 0) is 0 Å². The Morgan fingerprint density at radius 2 is 0.562 bits per heavy atom. The summed E-state index contributed by atoms with van der Waals surface area (Å²) >= 11 is 0. The second-order valence-electron chi connectivity index (χ2n) is 8.13. The van der Waals surface area contributed by atoms with Gasteiger partial charge in [0.05, 0.1) is 33.0 Å². The van der Waals surface area contributed by atoms with E-state index in [0.29, 0.717) is 0 Å². The molecule has 0 aromatic carbocycles. The van der Waals surface area contributed by atoms with Gasteiger partial charge in [0.1, 0.15) is 0 Å². The van der Waals surface area contributed by atoms with Crippen LogP contribution in [0.25, 0.3) is 0 Å². The van der Waals surface area contributed by atoms with Gasteiger partial charge in [0.25, 0.3) is 0 Å². The van der Waals surface area contributed by atoms with Crippen LogP contribution in [0.4, 0.5) is 0 Å². The minimum atomic E-state index is -1.75. The molecule has 16 nitrogen and oxygen atoms in total. The number of pyridine rings is 4. The molecule has 4 aromatic rings. The van der Waals surface area contributed by atoms with Crippen LogP contribution in [0.3, 0.4) is 0 Å². The SMILES string of the molecule is C/C(=N\N=C(/C)c1ccncc1)c1ccncc1.C/C(=N\N=C(/C)c1ccncc1)c1ccncc1.O=[N+]([O-])[O-].O=[N+]([O-])[O-].[Cl-].[Cl-].[Pb+2].[Pb+2]. The molecule has 0 aliphatic heterocycles. The van der Waals surface area contributed by atoms with E-state index < -0.39 is 10.2 Å². The Morgan fingerprint density at radius 1 is 0.438 bits per heavy atom. The number of hydrogen-bond acceptors (Lipinski definition) is 14. The van der Waals surface area contributed by atoms with Crippen LogP contribution in [0.1, 0.15) is 49.9 Å². The van der Waals surface area contributed by atoms with Crippen LogP contribution in [0.15, 0.2) is 119 Å². The van der Waals surface area contributed by atoms with Crippen molar-refractivity contribution in [2.24, 2.45) is 20.4 Å². The summed E-state index contributed by atoms with van der Waals surface area (Å²) < 4.78 is 0. The summed E-state index contributed by atoms with van der Waals surface area (Å²) in [7, 11) is 0. The molecule has 0 atom stereocenters. The van der Waals surface area contributed by atoms with E-state index in [0.717, 1.165) is 45.1 Å². The van der Waals surface area contributed by atoms with Crippen molar-refractivity contribution in [3.8, 4) is 0 Å². The van der Waals surface area contributed by atoms with Gasteiger partial charge in [0.2, 0.25) is 0 Å². The fourth-order valence-electron chi connectivity index (χ4n) is 2.90. The van der Waals surface area contributed by atoms with E-state index in [1.165, 1.54) is 0 Å². The fraction of sp³-hybridized carbons (Fsp3) is 0.143. The minimum absolute atomic E-state index is 0. The Morgan fingerprint density at radius 3 is 0.688 bits per heavy atom. The maximum atomic E-state index is 8.25. The molecule has 4 radical (unpaired) electrons. The Labute approximate surface area is 329 Å². The Bertz CT molecular complexity index is 1340. The van der Waals surface area contributed by atoms with Crippen LogP contribution >= 0.6 is 0 Å². The maximum Gasteiger partial charge on any atom is 2.00 e. The molecule has 0 bridgehead atoms. The third-order valence-electron chi connectivity index (χ3n) is 5.09. The van der Waals surface area contributed by atoms with Crippen LogP contribution in [-0.4, -0.2) is 108 Å². The van der Waals surface area contributed by atoms with E-state index in [2.05, 4.69) is 40.3 Å². The zero-order valence-electron chi connectivity index (χ0n) is 25.9. The molecule has 0 aliphatic carbocycles. The molecule has 4 heterocycles.